The number of fused-ring (bicyclic) bond motifs is 2. The Morgan fingerprint density at radius 2 is 0.917 bits per heavy atom. The lowest BCUT2D eigenvalue weighted by atomic mass is 10.0. The fourth-order valence-corrected chi connectivity index (χ4v) is 6.76. The highest BCUT2D eigenvalue weighted by molar-refractivity contribution is 7.25. The van der Waals surface area contributed by atoms with Gasteiger partial charge in [0.25, 0.3) is 0 Å². The second-order valence-electron chi connectivity index (χ2n) is 9.12. The minimum Gasteiger partial charge on any atom is -0.134 e. The van der Waals surface area contributed by atoms with E-state index in [1.54, 1.807) is 0 Å². The lowest BCUT2D eigenvalue weighted by molar-refractivity contribution is 1.50. The van der Waals surface area contributed by atoms with Crippen molar-refractivity contribution < 1.29 is 0 Å². The maximum atomic E-state index is 2.35. The highest BCUT2D eigenvalue weighted by Crippen LogP contribution is 2.41. The van der Waals surface area contributed by atoms with Crippen molar-refractivity contribution in [2.24, 2.45) is 0 Å². The monoisotopic (exact) mass is 498 g/mol. The molecule has 0 aliphatic carbocycles. The fourth-order valence-electron chi connectivity index (χ4n) is 4.67. The number of hydrogen-bond donors (Lipinski definition) is 0. The van der Waals surface area contributed by atoms with Crippen molar-refractivity contribution in [3.05, 3.63) is 132 Å². The zero-order valence-corrected chi connectivity index (χ0v) is 22.0. The molecule has 6 rings (SSSR count). The zero-order chi connectivity index (χ0) is 24.5. The number of thiophene rings is 2. The van der Waals surface area contributed by atoms with E-state index >= 15 is 0 Å². The Morgan fingerprint density at radius 1 is 0.389 bits per heavy atom. The smallest absolute Gasteiger partial charge is 0.0449 e. The fraction of sp³-hybridized carbons (Fsp3) is 0.0588. The second kappa shape index (κ2) is 9.73. The Hall–Kier alpha value is -3.72. The van der Waals surface area contributed by atoms with Crippen LogP contribution in [0.25, 0.3) is 52.2 Å². The van der Waals surface area contributed by atoms with Crippen molar-refractivity contribution in [3.63, 3.8) is 0 Å². The van der Waals surface area contributed by atoms with Crippen molar-refractivity contribution in [1.82, 2.24) is 0 Å². The average molecular weight is 499 g/mol. The van der Waals surface area contributed by atoms with Crippen LogP contribution in [-0.2, 0) is 0 Å². The number of aryl methyl sites for hydroxylation is 2. The van der Waals surface area contributed by atoms with Gasteiger partial charge >= 0.3 is 0 Å². The summed E-state index contributed by atoms with van der Waals surface area (Å²) in [7, 11) is 0. The average Bonchev–Trinajstić information content (AvgIpc) is 3.60. The van der Waals surface area contributed by atoms with Gasteiger partial charge in [-0.05, 0) is 94.0 Å². The van der Waals surface area contributed by atoms with Crippen LogP contribution in [0.5, 0.6) is 0 Å². The number of rotatable bonds is 3. The van der Waals surface area contributed by atoms with Crippen LogP contribution >= 0.6 is 22.7 Å². The molecule has 0 saturated heterocycles. The maximum absolute atomic E-state index is 2.35. The molecule has 0 spiro atoms. The SMILES string of the molecule is Cc1ccccccc(C)c2cc(-c3ccc(-c4ccc(-c5ccc6ccccc6c5)s4)s3)ccc12. The molecule has 36 heavy (non-hydrogen) atoms. The molecule has 0 amide bonds. The summed E-state index contributed by atoms with van der Waals surface area (Å²) < 4.78 is 0. The standard InChI is InChI=1S/C34H26S2/c1-23-9-5-3-4-6-10-24(2)30-22-28(15-16-29(23)30)32-18-20-34(36-32)33-19-17-31(35-33)27-14-13-25-11-7-8-12-26(25)21-27/h3-22H,1-2H3. The highest BCUT2D eigenvalue weighted by Gasteiger charge is 2.10. The first-order valence-electron chi connectivity index (χ1n) is 12.2. The summed E-state index contributed by atoms with van der Waals surface area (Å²) in [5.74, 6) is 0. The lowest BCUT2D eigenvalue weighted by Crippen LogP contribution is -1.80. The van der Waals surface area contributed by atoms with Gasteiger partial charge in [0.15, 0.2) is 0 Å². The van der Waals surface area contributed by atoms with Gasteiger partial charge in [0.1, 0.15) is 0 Å². The van der Waals surface area contributed by atoms with Crippen LogP contribution in [0, 0.1) is 13.8 Å². The van der Waals surface area contributed by atoms with Crippen LogP contribution in [0.15, 0.2) is 121 Å². The van der Waals surface area contributed by atoms with Crippen molar-refractivity contribution in [2.45, 2.75) is 13.8 Å². The van der Waals surface area contributed by atoms with Crippen molar-refractivity contribution in [3.8, 4) is 30.6 Å². The summed E-state index contributed by atoms with van der Waals surface area (Å²) in [6.07, 6.45) is 0. The predicted octanol–water partition coefficient (Wildman–Crippen LogP) is 10.9. The molecular weight excluding hydrogens is 473 g/mol. The van der Waals surface area contributed by atoms with Gasteiger partial charge in [-0.15, -0.1) is 22.7 Å². The molecule has 0 aliphatic rings. The molecule has 2 aromatic heterocycles. The summed E-state index contributed by atoms with van der Waals surface area (Å²) in [5.41, 5.74) is 5.11. The Kier molecular flexibility index (Phi) is 6.14. The van der Waals surface area contributed by atoms with E-state index in [4.69, 9.17) is 0 Å². The van der Waals surface area contributed by atoms with E-state index in [0.29, 0.717) is 0 Å². The summed E-state index contributed by atoms with van der Waals surface area (Å²) >= 11 is 3.74. The summed E-state index contributed by atoms with van der Waals surface area (Å²) in [6.45, 7) is 4.39. The molecule has 0 fully saturated rings. The van der Waals surface area contributed by atoms with E-state index in [-0.39, 0.29) is 0 Å². The van der Waals surface area contributed by atoms with E-state index in [9.17, 15) is 0 Å². The van der Waals surface area contributed by atoms with Crippen LogP contribution in [0.1, 0.15) is 11.1 Å². The minimum absolute atomic E-state index is 1.27. The van der Waals surface area contributed by atoms with Gasteiger partial charge in [-0.25, -0.2) is 0 Å². The van der Waals surface area contributed by atoms with Gasteiger partial charge in [0, 0.05) is 19.5 Å². The van der Waals surface area contributed by atoms with E-state index < -0.39 is 0 Å². The summed E-state index contributed by atoms with van der Waals surface area (Å²) in [6, 6.07) is 44.0. The first-order chi connectivity index (χ1) is 17.7. The number of benzene rings is 3. The van der Waals surface area contributed by atoms with E-state index in [1.807, 2.05) is 22.7 Å². The van der Waals surface area contributed by atoms with Crippen LogP contribution in [-0.4, -0.2) is 0 Å². The largest absolute Gasteiger partial charge is 0.134 e. The molecule has 0 saturated carbocycles. The maximum Gasteiger partial charge on any atom is 0.0449 e. The summed E-state index contributed by atoms with van der Waals surface area (Å²) in [5, 5.41) is 5.16. The van der Waals surface area contributed by atoms with Crippen LogP contribution in [0.2, 0.25) is 0 Å². The molecule has 6 aromatic rings. The molecule has 0 radical (unpaired) electrons. The van der Waals surface area contributed by atoms with Gasteiger partial charge in [-0.2, -0.15) is 0 Å². The Morgan fingerprint density at radius 3 is 1.61 bits per heavy atom. The second-order valence-corrected chi connectivity index (χ2v) is 11.3. The zero-order valence-electron chi connectivity index (χ0n) is 20.4. The van der Waals surface area contributed by atoms with Gasteiger partial charge in [0.05, 0.1) is 0 Å². The minimum atomic E-state index is 1.27. The van der Waals surface area contributed by atoms with Crippen molar-refractivity contribution in [1.29, 1.82) is 0 Å². The first-order valence-corrected chi connectivity index (χ1v) is 13.8. The van der Waals surface area contributed by atoms with Gasteiger partial charge in [0.2, 0.25) is 0 Å². The van der Waals surface area contributed by atoms with Crippen LogP contribution in [0.4, 0.5) is 0 Å². The Balaban J connectivity index is 1.36. The van der Waals surface area contributed by atoms with Crippen LogP contribution < -0.4 is 0 Å². The summed E-state index contributed by atoms with van der Waals surface area (Å²) in [4.78, 5) is 5.25. The predicted molar refractivity (Wildman–Crippen MR) is 161 cm³/mol. The normalized spacial score (nSPS) is 11.1. The molecule has 0 bridgehead atoms. The molecule has 4 aromatic carbocycles. The van der Waals surface area contributed by atoms with E-state index in [1.165, 1.54) is 63.3 Å². The third-order valence-corrected chi connectivity index (χ3v) is 9.13. The van der Waals surface area contributed by atoms with Crippen LogP contribution in [0.3, 0.4) is 0 Å². The van der Waals surface area contributed by atoms with Gasteiger partial charge in [-0.3, -0.25) is 0 Å². The molecule has 0 atom stereocenters. The lowest BCUT2D eigenvalue weighted by Gasteiger charge is -2.05. The van der Waals surface area contributed by atoms with E-state index in [2.05, 4.69) is 135 Å². The third-order valence-electron chi connectivity index (χ3n) is 6.67. The number of hydrogen-bond acceptors (Lipinski definition) is 2. The van der Waals surface area contributed by atoms with E-state index in [0.717, 1.165) is 0 Å². The quantitative estimate of drug-likeness (QED) is 0.228. The molecule has 0 nitrogen and oxygen atoms in total. The molecule has 0 unspecified atom stereocenters. The molecule has 2 heteroatoms. The Labute approximate surface area is 220 Å². The van der Waals surface area contributed by atoms with Gasteiger partial charge < -0.3 is 0 Å². The highest BCUT2D eigenvalue weighted by atomic mass is 32.1. The molecule has 0 aliphatic heterocycles. The molecular formula is C34H26S2. The van der Waals surface area contributed by atoms with Crippen molar-refractivity contribution in [2.75, 3.05) is 0 Å². The molecule has 0 N–H and O–H groups in total. The Bertz CT molecular complexity index is 1770. The third kappa shape index (κ3) is 4.46. The topological polar surface area (TPSA) is 0 Å². The molecule has 2 heterocycles. The molecule has 174 valence electrons. The first kappa shape index (κ1) is 22.7. The van der Waals surface area contributed by atoms with Gasteiger partial charge in [-0.1, -0.05) is 84.9 Å². The van der Waals surface area contributed by atoms with Crippen molar-refractivity contribution >= 4 is 44.2 Å².